The molecule has 2 heterocycles. The van der Waals surface area contributed by atoms with Gasteiger partial charge in [-0.2, -0.15) is 0 Å². The Balaban J connectivity index is 2.01. The maximum Gasteiger partial charge on any atom is 0.266 e. The minimum absolute atomic E-state index is 0.0798. The van der Waals surface area contributed by atoms with E-state index in [4.69, 9.17) is 4.74 Å². The van der Waals surface area contributed by atoms with Crippen molar-refractivity contribution in [3.63, 3.8) is 0 Å². The highest BCUT2D eigenvalue weighted by Gasteiger charge is 2.34. The number of hydrogen-bond donors (Lipinski definition) is 3. The van der Waals surface area contributed by atoms with Gasteiger partial charge in [-0.05, 0) is 13.8 Å². The summed E-state index contributed by atoms with van der Waals surface area (Å²) in [6.07, 6.45) is -0.211. The second-order valence-electron chi connectivity index (χ2n) is 5.79. The summed E-state index contributed by atoms with van der Waals surface area (Å²) in [7, 11) is 1.62. The van der Waals surface area contributed by atoms with Crippen LogP contribution in [0.4, 0.5) is 0 Å². The molecule has 22 heavy (non-hydrogen) atoms. The fraction of sp³-hybridized carbons (Fsp3) is 0.643. The average molecular weight is 310 g/mol. The molecule has 1 fully saturated rings. The zero-order valence-electron chi connectivity index (χ0n) is 13.0. The van der Waals surface area contributed by atoms with Crippen LogP contribution in [0, 0.1) is 0 Å². The molecule has 0 aromatic carbocycles. The Morgan fingerprint density at radius 3 is 2.77 bits per heavy atom. The van der Waals surface area contributed by atoms with Gasteiger partial charge in [0.15, 0.2) is 0 Å². The van der Waals surface area contributed by atoms with Gasteiger partial charge in [-0.15, -0.1) is 0 Å². The lowest BCUT2D eigenvalue weighted by Gasteiger charge is -2.20. The molecule has 0 radical (unpaired) electrons. The van der Waals surface area contributed by atoms with Gasteiger partial charge < -0.3 is 10.1 Å². The number of ether oxygens (including phenoxy) is 1. The second kappa shape index (κ2) is 6.89. The van der Waals surface area contributed by atoms with Crippen molar-refractivity contribution >= 4 is 5.91 Å². The molecular weight excluding hydrogens is 288 g/mol. The van der Waals surface area contributed by atoms with Crippen molar-refractivity contribution in [2.45, 2.75) is 38.5 Å². The number of nitrogens with one attached hydrogen (secondary N) is 3. The Morgan fingerprint density at radius 1 is 1.41 bits per heavy atom. The lowest BCUT2D eigenvalue weighted by molar-refractivity contribution is -0.121. The first-order valence-electron chi connectivity index (χ1n) is 7.27. The molecular formula is C14H22N4O4. The summed E-state index contributed by atoms with van der Waals surface area (Å²) in [6, 6.07) is 1.39. The van der Waals surface area contributed by atoms with Gasteiger partial charge in [0.25, 0.3) is 11.1 Å². The summed E-state index contributed by atoms with van der Waals surface area (Å²) in [5.74, 6) is -0.297. The molecule has 0 spiro atoms. The smallest absolute Gasteiger partial charge is 0.266 e. The van der Waals surface area contributed by atoms with Gasteiger partial charge in [-0.3, -0.25) is 29.5 Å². The van der Waals surface area contributed by atoms with Crippen LogP contribution in [-0.2, 0) is 16.0 Å². The first-order chi connectivity index (χ1) is 10.4. The second-order valence-corrected chi connectivity index (χ2v) is 5.79. The van der Waals surface area contributed by atoms with Crippen LogP contribution in [-0.4, -0.2) is 59.4 Å². The van der Waals surface area contributed by atoms with E-state index in [1.165, 1.54) is 0 Å². The molecule has 3 N–H and O–H groups in total. The molecule has 0 saturated carbocycles. The van der Waals surface area contributed by atoms with Crippen molar-refractivity contribution in [2.24, 2.45) is 0 Å². The number of carbonyl (C=O) groups excluding carboxylic acids is 1. The van der Waals surface area contributed by atoms with Crippen LogP contribution in [0.15, 0.2) is 15.7 Å². The van der Waals surface area contributed by atoms with Crippen LogP contribution < -0.4 is 16.4 Å². The number of aromatic amines is 2. The lowest BCUT2D eigenvalue weighted by atomic mass is 10.1. The molecule has 1 aliphatic heterocycles. The monoisotopic (exact) mass is 310 g/mol. The number of rotatable bonds is 5. The normalized spacial score (nSPS) is 22.2. The third-order valence-corrected chi connectivity index (χ3v) is 3.92. The molecule has 1 amide bonds. The van der Waals surface area contributed by atoms with E-state index in [-0.39, 0.29) is 30.0 Å². The number of aromatic nitrogens is 2. The van der Waals surface area contributed by atoms with Crippen molar-refractivity contribution in [1.29, 1.82) is 0 Å². The Labute approximate surface area is 127 Å². The van der Waals surface area contributed by atoms with Crippen LogP contribution in [0.1, 0.15) is 19.4 Å². The molecule has 1 aliphatic rings. The maximum absolute atomic E-state index is 12.1. The molecule has 1 aromatic heterocycles. The van der Waals surface area contributed by atoms with E-state index >= 15 is 0 Å². The fourth-order valence-corrected chi connectivity index (χ4v) is 2.62. The van der Waals surface area contributed by atoms with Gasteiger partial charge in [0, 0.05) is 37.9 Å². The topological polar surface area (TPSA) is 107 Å². The van der Waals surface area contributed by atoms with E-state index in [1.54, 1.807) is 7.11 Å². The number of carbonyl (C=O) groups is 1. The number of hydrogen-bond acceptors (Lipinski definition) is 5. The Morgan fingerprint density at radius 2 is 2.14 bits per heavy atom. The van der Waals surface area contributed by atoms with Gasteiger partial charge in [-0.25, -0.2) is 0 Å². The SMILES string of the molecule is CO[C@@H]1CN(C(C)C)C[C@H]1NC(=O)Cc1cc(=O)[nH][nH]c1=O. The quantitative estimate of drug-likeness (QED) is 0.635. The zero-order chi connectivity index (χ0) is 16.3. The first kappa shape index (κ1) is 16.4. The average Bonchev–Trinajstić information content (AvgIpc) is 2.86. The van der Waals surface area contributed by atoms with E-state index in [9.17, 15) is 14.4 Å². The van der Waals surface area contributed by atoms with Crippen LogP contribution in [0.25, 0.3) is 0 Å². The summed E-state index contributed by atoms with van der Waals surface area (Å²) < 4.78 is 5.42. The van der Waals surface area contributed by atoms with E-state index in [0.29, 0.717) is 12.6 Å². The molecule has 0 aliphatic carbocycles. The predicted octanol–water partition coefficient (Wildman–Crippen LogP) is -1.17. The third kappa shape index (κ3) is 3.83. The lowest BCUT2D eigenvalue weighted by Crippen LogP contribution is -2.45. The summed E-state index contributed by atoms with van der Waals surface area (Å²) in [6.45, 7) is 5.64. The van der Waals surface area contributed by atoms with E-state index in [2.05, 4.69) is 34.3 Å². The summed E-state index contributed by atoms with van der Waals surface area (Å²) >= 11 is 0. The largest absolute Gasteiger partial charge is 0.378 e. The summed E-state index contributed by atoms with van der Waals surface area (Å²) in [5, 5.41) is 7.26. The molecule has 8 nitrogen and oxygen atoms in total. The van der Waals surface area contributed by atoms with Gasteiger partial charge in [0.1, 0.15) is 0 Å². The maximum atomic E-state index is 12.1. The van der Waals surface area contributed by atoms with E-state index in [0.717, 1.165) is 12.6 Å². The highest BCUT2D eigenvalue weighted by atomic mass is 16.5. The number of likely N-dealkylation sites (tertiary alicyclic amines) is 1. The number of methoxy groups -OCH3 is 1. The number of nitrogens with zero attached hydrogens (tertiary/aromatic N) is 1. The highest BCUT2D eigenvalue weighted by Crippen LogP contribution is 2.15. The van der Waals surface area contributed by atoms with Crippen molar-refractivity contribution in [1.82, 2.24) is 20.4 Å². The van der Waals surface area contributed by atoms with Crippen LogP contribution >= 0.6 is 0 Å². The molecule has 2 rings (SSSR count). The Kier molecular flexibility index (Phi) is 5.15. The minimum Gasteiger partial charge on any atom is -0.378 e. The fourth-order valence-electron chi connectivity index (χ4n) is 2.62. The van der Waals surface area contributed by atoms with Crippen molar-refractivity contribution < 1.29 is 9.53 Å². The van der Waals surface area contributed by atoms with Crippen LogP contribution in [0.2, 0.25) is 0 Å². The summed E-state index contributed by atoms with van der Waals surface area (Å²) in [4.78, 5) is 37.1. The number of amides is 1. The van der Waals surface area contributed by atoms with Gasteiger partial charge in [0.05, 0.1) is 18.6 Å². The molecule has 2 atom stereocenters. The van der Waals surface area contributed by atoms with E-state index in [1.807, 2.05) is 0 Å². The van der Waals surface area contributed by atoms with Crippen molar-refractivity contribution in [2.75, 3.05) is 20.2 Å². The molecule has 8 heteroatoms. The molecule has 1 saturated heterocycles. The first-order valence-corrected chi connectivity index (χ1v) is 7.27. The standard InChI is InChI=1S/C14H22N4O4/c1-8(2)18-6-10(11(7-18)22-3)15-12(19)4-9-5-13(20)16-17-14(9)21/h5,8,10-11H,4,6-7H2,1-3H3,(H,15,19)(H,16,20)(H,17,21)/t10-,11-/m1/s1. The van der Waals surface area contributed by atoms with Crippen molar-refractivity contribution in [3.05, 3.63) is 32.3 Å². The molecule has 0 unspecified atom stereocenters. The van der Waals surface area contributed by atoms with E-state index < -0.39 is 11.1 Å². The van der Waals surface area contributed by atoms with Gasteiger partial charge in [0.2, 0.25) is 5.91 Å². The molecule has 0 bridgehead atoms. The summed E-state index contributed by atoms with van der Waals surface area (Å²) in [5.41, 5.74) is -0.758. The predicted molar refractivity (Wildman–Crippen MR) is 80.8 cm³/mol. The van der Waals surface area contributed by atoms with Crippen molar-refractivity contribution in [3.8, 4) is 0 Å². The van der Waals surface area contributed by atoms with Crippen LogP contribution in [0.3, 0.4) is 0 Å². The molecule has 1 aromatic rings. The minimum atomic E-state index is -0.465. The third-order valence-electron chi connectivity index (χ3n) is 3.92. The Bertz CT molecular complexity index is 636. The Hall–Kier alpha value is -1.93. The van der Waals surface area contributed by atoms with Gasteiger partial charge >= 0.3 is 0 Å². The highest BCUT2D eigenvalue weighted by molar-refractivity contribution is 5.78. The molecule has 122 valence electrons. The van der Waals surface area contributed by atoms with Crippen LogP contribution in [0.5, 0.6) is 0 Å². The zero-order valence-corrected chi connectivity index (χ0v) is 13.0. The number of H-pyrrole nitrogens is 2. The van der Waals surface area contributed by atoms with Gasteiger partial charge in [-0.1, -0.05) is 0 Å².